The van der Waals surface area contributed by atoms with Gasteiger partial charge in [-0.15, -0.1) is 0 Å². The first-order valence-electron chi connectivity index (χ1n) is 20.9. The number of aliphatic hydroxyl groups excluding tert-OH is 8. The molecule has 8 N–H and O–H groups in total. The number of carbonyl (C=O) groups excluding carboxylic acids is 2. The molecule has 0 aromatic carbocycles. The maximum absolute atomic E-state index is 14.7. The van der Waals surface area contributed by atoms with Crippen LogP contribution in [0.5, 0.6) is 0 Å². The van der Waals surface area contributed by atoms with E-state index in [1.165, 1.54) is 7.11 Å². The quantitative estimate of drug-likeness (QED) is 0.102. The van der Waals surface area contributed by atoms with Crippen molar-refractivity contribution in [3.63, 3.8) is 0 Å². The molecule has 0 amide bonds. The summed E-state index contributed by atoms with van der Waals surface area (Å²) in [5.74, 6) is -1.16. The fourth-order valence-corrected chi connectivity index (χ4v) is 13.6. The Labute approximate surface area is 334 Å². The minimum absolute atomic E-state index is 0.0371. The van der Waals surface area contributed by atoms with Gasteiger partial charge in [0.2, 0.25) is 6.29 Å². The number of rotatable bonds is 7. The molecule has 4 saturated carbocycles. The van der Waals surface area contributed by atoms with Gasteiger partial charge in [0.1, 0.15) is 42.7 Å². The lowest BCUT2D eigenvalue weighted by atomic mass is 9.33. The highest BCUT2D eigenvalue weighted by Gasteiger charge is 2.71. The Balaban J connectivity index is 1.21. The smallest absolute Gasteiger partial charge is 0.315 e. The second kappa shape index (κ2) is 15.0. The molecule has 15 heteroatoms. The van der Waals surface area contributed by atoms with Gasteiger partial charge in [0.05, 0.1) is 43.9 Å². The molecule has 0 aromatic rings. The van der Waals surface area contributed by atoms with Crippen LogP contribution in [0, 0.1) is 50.2 Å². The monoisotopic (exact) mass is 810 g/mol. The summed E-state index contributed by atoms with van der Waals surface area (Å²) in [6.45, 7) is 9.94. The molecule has 2 heterocycles. The van der Waals surface area contributed by atoms with Crippen LogP contribution in [-0.2, 0) is 33.3 Å². The fraction of sp³-hybridized carbons (Fsp3) is 0.905. The number of carbonyl (C=O) groups is 2. The summed E-state index contributed by atoms with van der Waals surface area (Å²) in [5, 5.41) is 83.6. The summed E-state index contributed by atoms with van der Waals surface area (Å²) in [7, 11) is 1.37. The lowest BCUT2D eigenvalue weighted by molar-refractivity contribution is -0.312. The highest BCUT2D eigenvalue weighted by Crippen LogP contribution is 2.76. The Hall–Kier alpha value is -1.76. The number of methoxy groups -OCH3 is 1. The van der Waals surface area contributed by atoms with E-state index in [2.05, 4.69) is 26.8 Å². The first kappa shape index (κ1) is 43.3. The van der Waals surface area contributed by atoms with Crippen LogP contribution < -0.4 is 0 Å². The Morgan fingerprint density at radius 1 is 0.789 bits per heavy atom. The van der Waals surface area contributed by atoms with E-state index < -0.39 is 102 Å². The summed E-state index contributed by atoms with van der Waals surface area (Å²) in [4.78, 5) is 28.1. The van der Waals surface area contributed by atoms with Crippen molar-refractivity contribution >= 4 is 11.9 Å². The minimum Gasteiger partial charge on any atom is -0.469 e. The van der Waals surface area contributed by atoms with E-state index >= 15 is 0 Å². The van der Waals surface area contributed by atoms with Crippen molar-refractivity contribution in [3.05, 3.63) is 11.6 Å². The van der Waals surface area contributed by atoms with E-state index in [1.807, 2.05) is 13.8 Å². The molecule has 6 fully saturated rings. The van der Waals surface area contributed by atoms with Crippen LogP contribution in [-0.4, -0.2) is 141 Å². The molecule has 5 aliphatic carbocycles. The van der Waals surface area contributed by atoms with Gasteiger partial charge < -0.3 is 64.5 Å². The number of fused-ring (bicyclic) bond motifs is 7. The third-order valence-electron chi connectivity index (χ3n) is 17.4. The van der Waals surface area contributed by atoms with Gasteiger partial charge in [-0.25, -0.2) is 0 Å². The summed E-state index contributed by atoms with van der Waals surface area (Å²) in [5.41, 5.74) is -2.43. The third-order valence-corrected chi connectivity index (χ3v) is 17.4. The molecule has 19 atom stereocenters. The lowest BCUT2D eigenvalue weighted by Gasteiger charge is -2.71. The normalized spacial score (nSPS) is 53.6. The second-order valence-electron chi connectivity index (χ2n) is 19.9. The van der Waals surface area contributed by atoms with Crippen LogP contribution in [0.3, 0.4) is 0 Å². The maximum atomic E-state index is 14.7. The van der Waals surface area contributed by atoms with E-state index in [-0.39, 0.29) is 41.8 Å². The van der Waals surface area contributed by atoms with Crippen molar-refractivity contribution in [2.45, 2.75) is 160 Å². The molecule has 0 bridgehead atoms. The van der Waals surface area contributed by atoms with Crippen LogP contribution in [0.15, 0.2) is 11.6 Å². The first-order chi connectivity index (χ1) is 26.7. The number of esters is 2. The first-order valence-corrected chi connectivity index (χ1v) is 20.9. The SMILES string of the molecule is COC(=O)[C@@]1(C)CC[C@]2(C(=O)O[C@@H]3O[C@H](CO)[C@@H](O)[C@H](O)[C@H]3O)CC[C@]3(C)C(=CC[C@@H]4[C@@]5(C)CC[C@H](O[C@@H]6OC[C@@H](O)[C@H](O)[C@H]6O)[C@@](C)(CO)[C@@H]5CC[C@]43C)[C@@H]2C1. The van der Waals surface area contributed by atoms with Crippen LogP contribution in [0.4, 0.5) is 0 Å². The van der Waals surface area contributed by atoms with E-state index in [1.54, 1.807) is 0 Å². The van der Waals surface area contributed by atoms with Crippen LogP contribution >= 0.6 is 0 Å². The highest BCUT2D eigenvalue weighted by atomic mass is 16.7. The Bertz CT molecular complexity index is 1570. The van der Waals surface area contributed by atoms with Crippen LogP contribution in [0.25, 0.3) is 0 Å². The summed E-state index contributed by atoms with van der Waals surface area (Å²) in [6.07, 6.45) is -5.49. The molecule has 2 aliphatic heterocycles. The average molecular weight is 811 g/mol. The van der Waals surface area contributed by atoms with Crippen molar-refractivity contribution in [2.24, 2.45) is 50.2 Å². The highest BCUT2D eigenvalue weighted by molar-refractivity contribution is 5.81. The number of hydrogen-bond donors (Lipinski definition) is 8. The lowest BCUT2D eigenvalue weighted by Crippen LogP contribution is -2.67. The van der Waals surface area contributed by atoms with Gasteiger partial charge in [0, 0.05) is 5.41 Å². The largest absolute Gasteiger partial charge is 0.469 e. The predicted octanol–water partition coefficient (Wildman–Crippen LogP) is 1.08. The van der Waals surface area contributed by atoms with Crippen molar-refractivity contribution in [3.8, 4) is 0 Å². The molecular formula is C42H66O15. The molecular weight excluding hydrogens is 744 g/mol. The second-order valence-corrected chi connectivity index (χ2v) is 19.9. The standard InChI is InChI=1S/C42H66O15/c1-37(35(51)53-6)13-15-42(36(52)57-34-32(50)30(48)29(47)24(18-43)55-34)16-14-40(4)21(22(42)17-37)7-8-26-38(2)11-10-27(56-33-31(49)28(46)23(45)19-54-33)39(3,20-44)25(38)9-12-41(26,40)5/h7,22-34,43-50H,8-20H2,1-6H3/t22-,23+,24+,25+,26+,27-,28-,29+,30-,31+,32+,33-,34-,37-,38-,39-,40+,41+,42-/m0/s1. The Morgan fingerprint density at radius 3 is 2.14 bits per heavy atom. The topological polar surface area (TPSA) is 242 Å². The molecule has 7 aliphatic rings. The Morgan fingerprint density at radius 2 is 1.47 bits per heavy atom. The molecule has 15 nitrogen and oxygen atoms in total. The zero-order chi connectivity index (χ0) is 41.7. The zero-order valence-electron chi connectivity index (χ0n) is 34.2. The third kappa shape index (κ3) is 6.30. The summed E-state index contributed by atoms with van der Waals surface area (Å²) < 4.78 is 28.9. The van der Waals surface area contributed by atoms with Crippen LogP contribution in [0.1, 0.15) is 98.8 Å². The molecule has 7 rings (SSSR count). The molecule has 0 aromatic heterocycles. The van der Waals surface area contributed by atoms with Gasteiger partial charge in [-0.2, -0.15) is 0 Å². The van der Waals surface area contributed by atoms with E-state index in [4.69, 9.17) is 23.7 Å². The predicted molar refractivity (Wildman–Crippen MR) is 199 cm³/mol. The van der Waals surface area contributed by atoms with E-state index in [0.29, 0.717) is 44.9 Å². The van der Waals surface area contributed by atoms with Crippen molar-refractivity contribution in [2.75, 3.05) is 26.9 Å². The number of allylic oxidation sites excluding steroid dienone is 2. The van der Waals surface area contributed by atoms with Crippen molar-refractivity contribution < 1.29 is 74.1 Å². The van der Waals surface area contributed by atoms with Gasteiger partial charge in [0.15, 0.2) is 6.29 Å². The van der Waals surface area contributed by atoms with Crippen molar-refractivity contribution in [1.29, 1.82) is 0 Å². The van der Waals surface area contributed by atoms with Crippen molar-refractivity contribution in [1.82, 2.24) is 0 Å². The van der Waals surface area contributed by atoms with Gasteiger partial charge in [-0.05, 0) is 105 Å². The minimum atomic E-state index is -1.74. The summed E-state index contributed by atoms with van der Waals surface area (Å²) in [6, 6.07) is 0. The number of aliphatic hydroxyl groups is 8. The van der Waals surface area contributed by atoms with Crippen LogP contribution in [0.2, 0.25) is 0 Å². The van der Waals surface area contributed by atoms with Gasteiger partial charge in [0.25, 0.3) is 0 Å². The summed E-state index contributed by atoms with van der Waals surface area (Å²) >= 11 is 0. The number of ether oxygens (including phenoxy) is 5. The van der Waals surface area contributed by atoms with Gasteiger partial charge >= 0.3 is 11.9 Å². The molecule has 57 heavy (non-hydrogen) atoms. The maximum Gasteiger partial charge on any atom is 0.315 e. The zero-order valence-corrected chi connectivity index (χ0v) is 34.2. The van der Waals surface area contributed by atoms with Gasteiger partial charge in [-0.1, -0.05) is 39.3 Å². The molecule has 0 radical (unpaired) electrons. The number of hydrogen-bond acceptors (Lipinski definition) is 15. The molecule has 324 valence electrons. The fourth-order valence-electron chi connectivity index (χ4n) is 13.6. The average Bonchev–Trinajstić information content (AvgIpc) is 3.19. The van der Waals surface area contributed by atoms with Gasteiger partial charge in [-0.3, -0.25) is 9.59 Å². The Kier molecular flexibility index (Phi) is 11.4. The molecule has 2 saturated heterocycles. The molecule has 0 spiro atoms. The van der Waals surface area contributed by atoms with E-state index in [0.717, 1.165) is 24.8 Å². The van der Waals surface area contributed by atoms with E-state index in [9.17, 15) is 50.4 Å². The molecule has 0 unspecified atom stereocenters.